The largest absolute Gasteiger partial charge is 0.428 e. The van der Waals surface area contributed by atoms with Crippen molar-refractivity contribution in [2.24, 2.45) is 0 Å². The Morgan fingerprint density at radius 2 is 2.08 bits per heavy atom. The van der Waals surface area contributed by atoms with Gasteiger partial charge in [-0.05, 0) is 25.0 Å². The Balaban J connectivity index is 1.69. The zero-order valence-corrected chi connectivity index (χ0v) is 13.6. The van der Waals surface area contributed by atoms with E-state index in [2.05, 4.69) is 15.3 Å². The van der Waals surface area contributed by atoms with Gasteiger partial charge >= 0.3 is 6.01 Å². The van der Waals surface area contributed by atoms with Crippen LogP contribution in [0.1, 0.15) is 34.9 Å². The van der Waals surface area contributed by atoms with Gasteiger partial charge in [0.15, 0.2) is 0 Å². The van der Waals surface area contributed by atoms with Crippen LogP contribution in [0.25, 0.3) is 10.9 Å². The number of hydrogen-bond donors (Lipinski definition) is 1. The highest BCUT2D eigenvalue weighted by molar-refractivity contribution is 6.12. The Kier molecular flexibility index (Phi) is 3.45. The minimum atomic E-state index is -0.249. The van der Waals surface area contributed by atoms with Gasteiger partial charge in [0.05, 0.1) is 17.3 Å². The number of aromatic nitrogens is 2. The SMILES string of the molecule is CN(C)c1cc(C(=O)Nc2ncc(C3CC3)o2)c2ccccc2n1. The molecule has 3 aromatic rings. The number of para-hydroxylation sites is 1. The summed E-state index contributed by atoms with van der Waals surface area (Å²) in [5.74, 6) is 1.79. The van der Waals surface area contributed by atoms with E-state index in [0.717, 1.165) is 35.3 Å². The van der Waals surface area contributed by atoms with Gasteiger partial charge in [0, 0.05) is 25.4 Å². The zero-order valence-electron chi connectivity index (χ0n) is 13.6. The van der Waals surface area contributed by atoms with Crippen LogP contribution in [0.2, 0.25) is 0 Å². The molecule has 0 saturated heterocycles. The maximum atomic E-state index is 12.7. The second-order valence-corrected chi connectivity index (χ2v) is 6.24. The summed E-state index contributed by atoms with van der Waals surface area (Å²) in [4.78, 5) is 23.3. The van der Waals surface area contributed by atoms with Gasteiger partial charge in [0.2, 0.25) is 0 Å². The lowest BCUT2D eigenvalue weighted by Crippen LogP contribution is -2.16. The predicted molar refractivity (Wildman–Crippen MR) is 92.5 cm³/mol. The topological polar surface area (TPSA) is 71.3 Å². The van der Waals surface area contributed by atoms with Gasteiger partial charge in [-0.25, -0.2) is 9.97 Å². The standard InChI is InChI=1S/C18H18N4O2/c1-22(2)16-9-13(12-5-3-4-6-14(12)20-16)17(23)21-18-19-10-15(24-18)11-7-8-11/h3-6,9-11H,7-8H2,1-2H3,(H,19,21,23). The van der Waals surface area contributed by atoms with Crippen LogP contribution in [-0.2, 0) is 0 Å². The summed E-state index contributed by atoms with van der Waals surface area (Å²) in [5.41, 5.74) is 1.33. The van der Waals surface area contributed by atoms with Crippen LogP contribution in [0.3, 0.4) is 0 Å². The second kappa shape index (κ2) is 5.63. The van der Waals surface area contributed by atoms with Crippen molar-refractivity contribution < 1.29 is 9.21 Å². The summed E-state index contributed by atoms with van der Waals surface area (Å²) >= 11 is 0. The first kappa shape index (κ1) is 14.7. The van der Waals surface area contributed by atoms with Crippen LogP contribution >= 0.6 is 0 Å². The molecule has 4 rings (SSSR count). The van der Waals surface area contributed by atoms with Gasteiger partial charge in [-0.2, -0.15) is 0 Å². The molecule has 122 valence electrons. The number of fused-ring (bicyclic) bond motifs is 1. The van der Waals surface area contributed by atoms with Crippen LogP contribution < -0.4 is 10.2 Å². The van der Waals surface area contributed by atoms with Gasteiger partial charge in [-0.3, -0.25) is 10.1 Å². The average Bonchev–Trinajstić information content (AvgIpc) is 3.33. The third kappa shape index (κ3) is 2.71. The second-order valence-electron chi connectivity index (χ2n) is 6.24. The first-order valence-electron chi connectivity index (χ1n) is 7.96. The van der Waals surface area contributed by atoms with Gasteiger partial charge in [-0.1, -0.05) is 18.2 Å². The molecule has 2 aromatic heterocycles. The predicted octanol–water partition coefficient (Wildman–Crippen LogP) is 3.42. The van der Waals surface area contributed by atoms with Gasteiger partial charge in [0.1, 0.15) is 11.6 Å². The van der Waals surface area contributed by atoms with Crippen molar-refractivity contribution in [2.75, 3.05) is 24.3 Å². The van der Waals surface area contributed by atoms with E-state index in [1.54, 1.807) is 12.3 Å². The van der Waals surface area contributed by atoms with E-state index < -0.39 is 0 Å². The molecule has 2 heterocycles. The highest BCUT2D eigenvalue weighted by atomic mass is 16.4. The monoisotopic (exact) mass is 322 g/mol. The average molecular weight is 322 g/mol. The highest BCUT2D eigenvalue weighted by Crippen LogP contribution is 2.40. The minimum absolute atomic E-state index is 0.245. The third-order valence-corrected chi connectivity index (χ3v) is 4.13. The molecule has 6 heteroatoms. The molecule has 0 aliphatic heterocycles. The maximum absolute atomic E-state index is 12.7. The van der Waals surface area contributed by atoms with Crippen LogP contribution in [0.15, 0.2) is 40.9 Å². The molecule has 0 radical (unpaired) electrons. The van der Waals surface area contributed by atoms with E-state index in [0.29, 0.717) is 11.5 Å². The summed E-state index contributed by atoms with van der Waals surface area (Å²) in [6.45, 7) is 0. The number of oxazole rings is 1. The van der Waals surface area contributed by atoms with E-state index in [-0.39, 0.29) is 11.9 Å². The molecule has 24 heavy (non-hydrogen) atoms. The molecular formula is C18H18N4O2. The Morgan fingerprint density at radius 3 is 2.83 bits per heavy atom. The number of amides is 1. The van der Waals surface area contributed by atoms with Crippen LogP contribution in [-0.4, -0.2) is 30.0 Å². The Morgan fingerprint density at radius 1 is 1.29 bits per heavy atom. The summed E-state index contributed by atoms with van der Waals surface area (Å²) in [7, 11) is 3.80. The lowest BCUT2D eigenvalue weighted by Gasteiger charge is -2.14. The van der Waals surface area contributed by atoms with Crippen LogP contribution in [0.4, 0.5) is 11.8 Å². The Labute approximate surface area is 139 Å². The Hall–Kier alpha value is -2.89. The smallest absolute Gasteiger partial charge is 0.301 e. The third-order valence-electron chi connectivity index (χ3n) is 4.13. The first-order valence-corrected chi connectivity index (χ1v) is 7.96. The fourth-order valence-electron chi connectivity index (χ4n) is 2.64. The summed E-state index contributed by atoms with van der Waals surface area (Å²) < 4.78 is 5.62. The summed E-state index contributed by atoms with van der Waals surface area (Å²) in [5, 5.41) is 3.56. The fourth-order valence-corrected chi connectivity index (χ4v) is 2.64. The van der Waals surface area contributed by atoms with E-state index in [4.69, 9.17) is 4.42 Å². The molecule has 6 nitrogen and oxygen atoms in total. The quantitative estimate of drug-likeness (QED) is 0.797. The molecule has 0 unspecified atom stereocenters. The molecule has 1 saturated carbocycles. The molecule has 0 bridgehead atoms. The molecular weight excluding hydrogens is 304 g/mol. The number of hydrogen-bond acceptors (Lipinski definition) is 5. The summed E-state index contributed by atoms with van der Waals surface area (Å²) in [6, 6.07) is 9.62. The number of nitrogens with zero attached hydrogens (tertiary/aromatic N) is 3. The van der Waals surface area contributed by atoms with Crippen molar-refractivity contribution in [3.63, 3.8) is 0 Å². The van der Waals surface area contributed by atoms with Crippen molar-refractivity contribution in [2.45, 2.75) is 18.8 Å². The lowest BCUT2D eigenvalue weighted by atomic mass is 10.1. The number of nitrogens with one attached hydrogen (secondary N) is 1. The van der Waals surface area contributed by atoms with Crippen LogP contribution in [0.5, 0.6) is 0 Å². The van der Waals surface area contributed by atoms with Gasteiger partial charge in [-0.15, -0.1) is 0 Å². The first-order chi connectivity index (χ1) is 11.6. The number of pyridine rings is 1. The number of anilines is 2. The van der Waals surface area contributed by atoms with E-state index >= 15 is 0 Å². The summed E-state index contributed by atoms with van der Waals surface area (Å²) in [6.07, 6.45) is 3.96. The normalized spacial score (nSPS) is 13.9. The number of carbonyl (C=O) groups is 1. The van der Waals surface area contributed by atoms with Crippen molar-refractivity contribution in [1.82, 2.24) is 9.97 Å². The molecule has 0 atom stereocenters. The number of rotatable bonds is 4. The van der Waals surface area contributed by atoms with E-state index in [1.165, 1.54) is 0 Å². The molecule has 1 aliphatic rings. The lowest BCUT2D eigenvalue weighted by molar-refractivity contribution is 0.102. The fraction of sp³-hybridized carbons (Fsp3) is 0.278. The minimum Gasteiger partial charge on any atom is -0.428 e. The van der Waals surface area contributed by atoms with E-state index in [9.17, 15) is 4.79 Å². The molecule has 1 N–H and O–H groups in total. The van der Waals surface area contributed by atoms with Crippen molar-refractivity contribution in [3.8, 4) is 0 Å². The molecule has 1 aromatic carbocycles. The zero-order chi connectivity index (χ0) is 16.7. The van der Waals surface area contributed by atoms with Crippen molar-refractivity contribution in [3.05, 3.63) is 47.9 Å². The molecule has 0 spiro atoms. The van der Waals surface area contributed by atoms with Gasteiger partial charge < -0.3 is 9.32 Å². The highest BCUT2D eigenvalue weighted by Gasteiger charge is 2.28. The van der Waals surface area contributed by atoms with Crippen molar-refractivity contribution >= 4 is 28.6 Å². The van der Waals surface area contributed by atoms with Crippen LogP contribution in [0, 0.1) is 0 Å². The number of benzene rings is 1. The van der Waals surface area contributed by atoms with E-state index in [1.807, 2.05) is 43.3 Å². The Bertz CT molecular complexity index is 912. The van der Waals surface area contributed by atoms with Crippen molar-refractivity contribution in [1.29, 1.82) is 0 Å². The molecule has 1 amide bonds. The van der Waals surface area contributed by atoms with Gasteiger partial charge in [0.25, 0.3) is 5.91 Å². The number of carbonyl (C=O) groups excluding carboxylic acids is 1. The maximum Gasteiger partial charge on any atom is 0.301 e. The molecule has 1 fully saturated rings. The molecule has 1 aliphatic carbocycles.